The second kappa shape index (κ2) is 7.31. The predicted octanol–water partition coefficient (Wildman–Crippen LogP) is 4.22. The zero-order valence-corrected chi connectivity index (χ0v) is 16.0. The Bertz CT molecular complexity index is 1100. The fraction of sp³-hybridized carbons (Fsp3) is 0.130. The maximum Gasteiger partial charge on any atom is 0.300 e. The van der Waals surface area contributed by atoms with Gasteiger partial charge in [-0.1, -0.05) is 12.1 Å². The van der Waals surface area contributed by atoms with Gasteiger partial charge >= 0.3 is 0 Å². The van der Waals surface area contributed by atoms with Crippen molar-refractivity contribution in [3.8, 4) is 5.75 Å². The number of furan rings is 1. The molecular formula is C23H19NO5. The molecule has 1 aromatic heterocycles. The van der Waals surface area contributed by atoms with Crippen molar-refractivity contribution in [1.29, 1.82) is 0 Å². The van der Waals surface area contributed by atoms with Crippen molar-refractivity contribution >= 4 is 23.1 Å². The number of carbonyl (C=O) groups is 2. The SMILES string of the molecule is COc1ccc(/C(O)=C2/C(=O)C(=O)N(c3cccc(C)c3)C2c2ccco2)cc1. The number of aliphatic hydroxyl groups is 1. The Kier molecular flexibility index (Phi) is 4.68. The molecule has 1 N–H and O–H groups in total. The first-order valence-electron chi connectivity index (χ1n) is 9.06. The van der Waals surface area contributed by atoms with Crippen LogP contribution in [-0.2, 0) is 9.59 Å². The van der Waals surface area contributed by atoms with E-state index in [2.05, 4.69) is 0 Å². The number of hydrogen-bond donors (Lipinski definition) is 1. The first-order chi connectivity index (χ1) is 14.0. The van der Waals surface area contributed by atoms with Gasteiger partial charge in [0, 0.05) is 11.3 Å². The van der Waals surface area contributed by atoms with Gasteiger partial charge in [-0.25, -0.2) is 0 Å². The lowest BCUT2D eigenvalue weighted by Crippen LogP contribution is -2.29. The number of rotatable bonds is 4. The molecule has 146 valence electrons. The standard InChI is InChI=1S/C23H19NO5/c1-14-5-3-6-16(13-14)24-20(18-7-4-12-29-18)19(22(26)23(24)27)21(25)15-8-10-17(28-2)11-9-15/h3-13,20,25H,1-2H3/b21-19-. The zero-order valence-electron chi connectivity index (χ0n) is 16.0. The third-order valence-electron chi connectivity index (χ3n) is 4.90. The van der Waals surface area contributed by atoms with Gasteiger partial charge in [0.15, 0.2) is 0 Å². The molecule has 29 heavy (non-hydrogen) atoms. The fourth-order valence-corrected chi connectivity index (χ4v) is 3.50. The molecule has 0 radical (unpaired) electrons. The first kappa shape index (κ1) is 18.6. The molecule has 4 rings (SSSR count). The first-order valence-corrected chi connectivity index (χ1v) is 9.06. The van der Waals surface area contributed by atoms with Crippen LogP contribution in [0.5, 0.6) is 5.75 Å². The molecule has 1 amide bonds. The van der Waals surface area contributed by atoms with Gasteiger partial charge < -0.3 is 14.3 Å². The highest BCUT2D eigenvalue weighted by atomic mass is 16.5. The van der Waals surface area contributed by atoms with Gasteiger partial charge in [0.25, 0.3) is 11.7 Å². The number of aryl methyl sites for hydroxylation is 1. The molecule has 1 atom stereocenters. The molecule has 2 heterocycles. The molecule has 1 unspecified atom stereocenters. The number of ketones is 1. The van der Waals surface area contributed by atoms with Gasteiger partial charge in [0.05, 0.1) is 18.9 Å². The topological polar surface area (TPSA) is 80.0 Å². The molecule has 2 aromatic carbocycles. The van der Waals surface area contributed by atoms with Crippen LogP contribution in [0.25, 0.3) is 5.76 Å². The Labute approximate surface area is 167 Å². The molecule has 6 nitrogen and oxygen atoms in total. The Balaban J connectivity index is 1.90. The highest BCUT2D eigenvalue weighted by molar-refractivity contribution is 6.51. The number of benzene rings is 2. The van der Waals surface area contributed by atoms with Crippen molar-refractivity contribution in [2.45, 2.75) is 13.0 Å². The van der Waals surface area contributed by atoms with E-state index >= 15 is 0 Å². The quantitative estimate of drug-likeness (QED) is 0.410. The average Bonchev–Trinajstić information content (AvgIpc) is 3.35. The van der Waals surface area contributed by atoms with E-state index in [1.54, 1.807) is 49.6 Å². The number of ether oxygens (including phenoxy) is 1. The molecule has 0 saturated carbocycles. The molecule has 6 heteroatoms. The third kappa shape index (κ3) is 3.18. The number of hydrogen-bond acceptors (Lipinski definition) is 5. The maximum atomic E-state index is 12.9. The van der Waals surface area contributed by atoms with Gasteiger partial charge in [0.2, 0.25) is 0 Å². The average molecular weight is 389 g/mol. The van der Waals surface area contributed by atoms with E-state index in [0.717, 1.165) is 5.56 Å². The van der Waals surface area contributed by atoms with Crippen molar-refractivity contribution in [3.63, 3.8) is 0 Å². The Morgan fingerprint density at radius 2 is 1.83 bits per heavy atom. The van der Waals surface area contributed by atoms with Crippen LogP contribution >= 0.6 is 0 Å². The molecule has 1 fully saturated rings. The molecule has 3 aromatic rings. The van der Waals surface area contributed by atoms with Crippen LogP contribution in [-0.4, -0.2) is 23.9 Å². The summed E-state index contributed by atoms with van der Waals surface area (Å²) >= 11 is 0. The summed E-state index contributed by atoms with van der Waals surface area (Å²) in [7, 11) is 1.54. The number of carbonyl (C=O) groups excluding carboxylic acids is 2. The normalized spacial score (nSPS) is 18.3. The van der Waals surface area contributed by atoms with Crippen LogP contribution in [0.1, 0.15) is 22.9 Å². The summed E-state index contributed by atoms with van der Waals surface area (Å²) in [6, 6.07) is 16.4. The Hall–Kier alpha value is -3.80. The Morgan fingerprint density at radius 3 is 2.45 bits per heavy atom. The second-order valence-corrected chi connectivity index (χ2v) is 6.75. The molecule has 1 aliphatic rings. The molecule has 1 aliphatic heterocycles. The van der Waals surface area contributed by atoms with E-state index in [-0.39, 0.29) is 11.3 Å². The van der Waals surface area contributed by atoms with E-state index in [4.69, 9.17) is 9.15 Å². The summed E-state index contributed by atoms with van der Waals surface area (Å²) in [5.41, 5.74) is 1.89. The summed E-state index contributed by atoms with van der Waals surface area (Å²) in [4.78, 5) is 27.2. The number of Topliss-reactive ketones (excluding diaryl/α,β-unsaturated/α-hetero) is 1. The lowest BCUT2D eigenvalue weighted by molar-refractivity contribution is -0.132. The number of methoxy groups -OCH3 is 1. The molecular weight excluding hydrogens is 370 g/mol. The molecule has 0 bridgehead atoms. The smallest absolute Gasteiger partial charge is 0.300 e. The van der Waals surface area contributed by atoms with Gasteiger partial charge in [-0.05, 0) is 61.0 Å². The minimum Gasteiger partial charge on any atom is -0.507 e. The number of aliphatic hydroxyl groups excluding tert-OH is 1. The number of anilines is 1. The summed E-state index contributed by atoms with van der Waals surface area (Å²) < 4.78 is 10.7. The van der Waals surface area contributed by atoms with Crippen molar-refractivity contribution in [1.82, 2.24) is 0 Å². The highest BCUT2D eigenvalue weighted by Crippen LogP contribution is 2.42. The van der Waals surface area contributed by atoms with Crippen LogP contribution in [0, 0.1) is 6.92 Å². The zero-order chi connectivity index (χ0) is 20.5. The van der Waals surface area contributed by atoms with Gasteiger partial charge in [-0.2, -0.15) is 0 Å². The Morgan fingerprint density at radius 1 is 1.07 bits per heavy atom. The second-order valence-electron chi connectivity index (χ2n) is 6.75. The van der Waals surface area contributed by atoms with Gasteiger partial charge in [-0.3, -0.25) is 14.5 Å². The van der Waals surface area contributed by atoms with Crippen molar-refractivity contribution in [2.75, 3.05) is 12.0 Å². The van der Waals surface area contributed by atoms with E-state index in [0.29, 0.717) is 22.8 Å². The van der Waals surface area contributed by atoms with E-state index in [1.807, 2.05) is 25.1 Å². The van der Waals surface area contributed by atoms with Crippen LogP contribution in [0.4, 0.5) is 5.69 Å². The fourth-order valence-electron chi connectivity index (χ4n) is 3.50. The van der Waals surface area contributed by atoms with Crippen molar-refractivity contribution < 1.29 is 23.8 Å². The minimum atomic E-state index is -0.867. The summed E-state index contributed by atoms with van der Waals surface area (Å²) in [6.07, 6.45) is 1.47. The molecule has 1 saturated heterocycles. The lowest BCUT2D eigenvalue weighted by Gasteiger charge is -2.23. The summed E-state index contributed by atoms with van der Waals surface area (Å²) in [5.74, 6) is -0.735. The van der Waals surface area contributed by atoms with Crippen LogP contribution < -0.4 is 9.64 Å². The highest BCUT2D eigenvalue weighted by Gasteiger charge is 2.48. The summed E-state index contributed by atoms with van der Waals surface area (Å²) in [5, 5.41) is 11.0. The van der Waals surface area contributed by atoms with E-state index in [1.165, 1.54) is 11.2 Å². The van der Waals surface area contributed by atoms with Crippen molar-refractivity contribution in [3.05, 3.63) is 89.4 Å². The molecule has 0 aliphatic carbocycles. The van der Waals surface area contributed by atoms with Crippen LogP contribution in [0.15, 0.2) is 76.9 Å². The number of amides is 1. The van der Waals surface area contributed by atoms with Crippen LogP contribution in [0.3, 0.4) is 0 Å². The van der Waals surface area contributed by atoms with Crippen LogP contribution in [0.2, 0.25) is 0 Å². The van der Waals surface area contributed by atoms with Gasteiger partial charge in [-0.15, -0.1) is 0 Å². The third-order valence-corrected chi connectivity index (χ3v) is 4.90. The maximum absolute atomic E-state index is 12.9. The van der Waals surface area contributed by atoms with Gasteiger partial charge in [0.1, 0.15) is 23.3 Å². The lowest BCUT2D eigenvalue weighted by atomic mass is 9.99. The van der Waals surface area contributed by atoms with E-state index < -0.39 is 17.7 Å². The molecule has 0 spiro atoms. The summed E-state index contributed by atoms with van der Waals surface area (Å²) in [6.45, 7) is 1.90. The minimum absolute atomic E-state index is 0.0170. The largest absolute Gasteiger partial charge is 0.507 e. The predicted molar refractivity (Wildman–Crippen MR) is 108 cm³/mol. The van der Waals surface area contributed by atoms with E-state index in [9.17, 15) is 14.7 Å². The van der Waals surface area contributed by atoms with Crippen molar-refractivity contribution in [2.24, 2.45) is 0 Å². The monoisotopic (exact) mass is 389 g/mol. The number of nitrogens with zero attached hydrogens (tertiary/aromatic N) is 1.